The van der Waals surface area contributed by atoms with Crippen molar-refractivity contribution in [2.24, 2.45) is 7.05 Å². The maximum Gasteiger partial charge on any atom is 0.328 e. The van der Waals surface area contributed by atoms with Crippen LogP contribution in [0.3, 0.4) is 0 Å². The Hall–Kier alpha value is -3.31. The predicted octanol–water partition coefficient (Wildman–Crippen LogP) is 1.26. The maximum absolute atomic E-state index is 13.8. The number of aromatic amines is 1. The highest BCUT2D eigenvalue weighted by Gasteiger charge is 2.50. The molecule has 0 saturated carbocycles. The number of aliphatic hydroxyl groups is 1. The van der Waals surface area contributed by atoms with Crippen LogP contribution < -0.4 is 11.2 Å². The highest BCUT2D eigenvalue weighted by Crippen LogP contribution is 2.43. The summed E-state index contributed by atoms with van der Waals surface area (Å²) in [5, 5.41) is 11.2. The number of piperidine rings is 1. The van der Waals surface area contributed by atoms with Gasteiger partial charge < -0.3 is 19.3 Å². The van der Waals surface area contributed by atoms with E-state index < -0.39 is 34.3 Å². The van der Waals surface area contributed by atoms with E-state index in [1.54, 1.807) is 11.8 Å². The Balaban J connectivity index is 1.29. The van der Waals surface area contributed by atoms with E-state index in [1.165, 1.54) is 0 Å². The molecule has 3 aromatic rings. The monoisotopic (exact) mass is 485 g/mol. The summed E-state index contributed by atoms with van der Waals surface area (Å²) in [7, 11) is 1.93. The Labute approximate surface area is 200 Å². The molecule has 11 heteroatoms. The average molecular weight is 486 g/mol. The summed E-state index contributed by atoms with van der Waals surface area (Å²) < 4.78 is 22.9. The molecule has 2 N–H and O–H groups in total. The number of carbonyl (C=O) groups excluding carboxylic acids is 1. The number of halogens is 1. The second-order valence-electron chi connectivity index (χ2n) is 9.90. The summed E-state index contributed by atoms with van der Waals surface area (Å²) in [6.07, 6.45) is 2.05. The van der Waals surface area contributed by atoms with Crippen LogP contribution in [0.25, 0.3) is 11.0 Å². The lowest BCUT2D eigenvalue weighted by Gasteiger charge is -2.51. The molecule has 5 rings (SSSR count). The molecule has 10 nitrogen and oxygen atoms in total. The van der Waals surface area contributed by atoms with Gasteiger partial charge in [0, 0.05) is 32.1 Å². The Morgan fingerprint density at radius 2 is 2.00 bits per heavy atom. The van der Waals surface area contributed by atoms with Gasteiger partial charge in [0.1, 0.15) is 5.82 Å². The van der Waals surface area contributed by atoms with E-state index in [1.807, 2.05) is 41.7 Å². The van der Waals surface area contributed by atoms with Crippen LogP contribution in [0.15, 0.2) is 34.0 Å². The van der Waals surface area contributed by atoms with Crippen molar-refractivity contribution in [1.29, 1.82) is 0 Å². The number of amides is 1. The fraction of sp³-hybridized carbons (Fsp3) is 0.500. The zero-order valence-corrected chi connectivity index (χ0v) is 19.9. The third-order valence-electron chi connectivity index (χ3n) is 7.52. The summed E-state index contributed by atoms with van der Waals surface area (Å²) in [5.74, 6) is -0.316. The molecule has 2 aliphatic heterocycles. The predicted molar refractivity (Wildman–Crippen MR) is 125 cm³/mol. The lowest BCUT2D eigenvalue weighted by molar-refractivity contribution is -0.195. The van der Waals surface area contributed by atoms with Gasteiger partial charge in [-0.25, -0.2) is 9.78 Å². The van der Waals surface area contributed by atoms with E-state index in [9.17, 15) is 23.9 Å². The zero-order valence-electron chi connectivity index (χ0n) is 19.9. The normalized spacial score (nSPS) is 24.3. The molecule has 2 aromatic heterocycles. The first-order valence-electron chi connectivity index (χ1n) is 11.6. The van der Waals surface area contributed by atoms with Crippen molar-refractivity contribution in [3.8, 4) is 0 Å². The Morgan fingerprint density at radius 1 is 1.29 bits per heavy atom. The van der Waals surface area contributed by atoms with E-state index in [2.05, 4.69) is 4.98 Å². The second-order valence-corrected chi connectivity index (χ2v) is 9.90. The molecule has 0 bridgehead atoms. The highest BCUT2D eigenvalue weighted by molar-refractivity contribution is 5.97. The fourth-order valence-electron chi connectivity index (χ4n) is 5.40. The molecule has 0 radical (unpaired) electrons. The summed E-state index contributed by atoms with van der Waals surface area (Å²) >= 11 is 0. The number of aromatic nitrogens is 4. The Kier molecular flexibility index (Phi) is 5.44. The number of hydrogen-bond donors (Lipinski definition) is 2. The molecule has 2 saturated heterocycles. The van der Waals surface area contributed by atoms with Gasteiger partial charge in [-0.3, -0.25) is 19.1 Å². The van der Waals surface area contributed by atoms with Crippen molar-refractivity contribution in [1.82, 2.24) is 24.0 Å². The van der Waals surface area contributed by atoms with Crippen LogP contribution in [0.2, 0.25) is 0 Å². The number of fused-ring (bicyclic) bond motifs is 1. The molecule has 4 heterocycles. The molecular weight excluding hydrogens is 457 g/mol. The molecule has 35 heavy (non-hydrogen) atoms. The van der Waals surface area contributed by atoms with E-state index in [0.717, 1.165) is 27.6 Å². The van der Waals surface area contributed by atoms with Gasteiger partial charge in [0.05, 0.1) is 41.1 Å². The maximum atomic E-state index is 13.8. The SMILES string of the molecule is Cc1nc2cc(C(=O)N3CCC4(CC3)C[C@@](C)(O)[C@H](n3cc(F)c(=O)[nH]c3=O)CO4)ccc2n1C. The number of H-pyrrole nitrogens is 1. The van der Waals surface area contributed by atoms with E-state index in [-0.39, 0.29) is 18.9 Å². The molecule has 2 aliphatic rings. The van der Waals surface area contributed by atoms with Crippen LogP contribution in [-0.2, 0) is 11.8 Å². The van der Waals surface area contributed by atoms with E-state index in [0.29, 0.717) is 31.5 Å². The van der Waals surface area contributed by atoms with Crippen molar-refractivity contribution < 1.29 is 19.0 Å². The molecule has 2 fully saturated rings. The minimum Gasteiger partial charge on any atom is -0.388 e. The molecule has 2 atom stereocenters. The lowest BCUT2D eigenvalue weighted by Crippen LogP contribution is -2.59. The molecule has 1 aromatic carbocycles. The third kappa shape index (κ3) is 3.98. The molecule has 0 aliphatic carbocycles. The Morgan fingerprint density at radius 3 is 2.69 bits per heavy atom. The third-order valence-corrected chi connectivity index (χ3v) is 7.52. The topological polar surface area (TPSA) is 122 Å². The van der Waals surface area contributed by atoms with Gasteiger partial charge in [0.25, 0.3) is 11.5 Å². The summed E-state index contributed by atoms with van der Waals surface area (Å²) in [6, 6.07) is 4.66. The molecule has 1 spiro atoms. The van der Waals surface area contributed by atoms with Gasteiger partial charge >= 0.3 is 5.69 Å². The lowest BCUT2D eigenvalue weighted by atomic mass is 9.75. The number of nitrogens with zero attached hydrogens (tertiary/aromatic N) is 4. The van der Waals surface area contributed by atoms with Crippen molar-refractivity contribution in [3.63, 3.8) is 0 Å². The van der Waals surface area contributed by atoms with Crippen LogP contribution in [0.1, 0.15) is 48.4 Å². The molecular formula is C24H28FN5O5. The Bertz CT molecular complexity index is 1430. The molecule has 186 valence electrons. The molecule has 0 unspecified atom stereocenters. The number of imidazole rings is 1. The number of carbonyl (C=O) groups is 1. The van der Waals surface area contributed by atoms with Gasteiger partial charge in [0.2, 0.25) is 5.82 Å². The van der Waals surface area contributed by atoms with Gasteiger partial charge in [-0.15, -0.1) is 0 Å². The number of aryl methyl sites for hydroxylation is 2. The summed E-state index contributed by atoms with van der Waals surface area (Å²) in [4.78, 5) is 45.0. The van der Waals surface area contributed by atoms with Crippen molar-refractivity contribution >= 4 is 16.9 Å². The summed E-state index contributed by atoms with van der Waals surface area (Å²) in [5.41, 5.74) is -1.65. The quantitative estimate of drug-likeness (QED) is 0.564. The van der Waals surface area contributed by atoms with Gasteiger partial charge in [-0.2, -0.15) is 4.39 Å². The summed E-state index contributed by atoms with van der Waals surface area (Å²) in [6.45, 7) is 4.37. The van der Waals surface area contributed by atoms with E-state index in [4.69, 9.17) is 4.74 Å². The van der Waals surface area contributed by atoms with Gasteiger partial charge in [-0.05, 0) is 44.9 Å². The minimum atomic E-state index is -1.39. The van der Waals surface area contributed by atoms with E-state index >= 15 is 0 Å². The highest BCUT2D eigenvalue weighted by atomic mass is 19.1. The number of likely N-dealkylation sites (tertiary alicyclic amines) is 1. The first kappa shape index (κ1) is 23.4. The minimum absolute atomic E-state index is 0.0258. The van der Waals surface area contributed by atoms with Crippen LogP contribution in [-0.4, -0.2) is 65.9 Å². The van der Waals surface area contributed by atoms with Gasteiger partial charge in [-0.1, -0.05) is 0 Å². The number of rotatable bonds is 2. The average Bonchev–Trinajstić information content (AvgIpc) is 3.09. The number of benzene rings is 1. The second kappa shape index (κ2) is 8.13. The number of ether oxygens (including phenoxy) is 1. The van der Waals surface area contributed by atoms with Crippen LogP contribution in [0, 0.1) is 12.7 Å². The standard InChI is InChI=1S/C24H28FN5O5/c1-14-26-17-10-15(4-5-18(17)28(14)3)21(32)29-8-6-24(7-9-29)13-23(2,34)19(12-35-24)30-11-16(25)20(31)27-22(30)33/h4-5,10-11,19,34H,6-9,12-13H2,1-3H3,(H,27,31,33)/t19-,23-/m1/s1. The zero-order chi connectivity index (χ0) is 25.1. The smallest absolute Gasteiger partial charge is 0.328 e. The first-order valence-corrected chi connectivity index (χ1v) is 11.6. The number of nitrogens with one attached hydrogen (secondary N) is 1. The van der Waals surface area contributed by atoms with Crippen molar-refractivity contribution in [2.75, 3.05) is 19.7 Å². The number of hydrogen-bond acceptors (Lipinski definition) is 6. The van der Waals surface area contributed by atoms with Gasteiger partial charge in [0.15, 0.2) is 0 Å². The largest absolute Gasteiger partial charge is 0.388 e. The van der Waals surface area contributed by atoms with Crippen LogP contribution >= 0.6 is 0 Å². The molecule has 1 amide bonds. The van der Waals surface area contributed by atoms with Crippen molar-refractivity contribution in [2.45, 2.75) is 50.4 Å². The first-order chi connectivity index (χ1) is 16.5. The fourth-order valence-corrected chi connectivity index (χ4v) is 5.40. The van der Waals surface area contributed by atoms with Crippen LogP contribution in [0.5, 0.6) is 0 Å². The van der Waals surface area contributed by atoms with Crippen LogP contribution in [0.4, 0.5) is 4.39 Å². The van der Waals surface area contributed by atoms with Crippen molar-refractivity contribution in [3.05, 3.63) is 62.4 Å².